The van der Waals surface area contributed by atoms with E-state index in [2.05, 4.69) is 0 Å². The Hall–Kier alpha value is -1.29. The van der Waals surface area contributed by atoms with Crippen LogP contribution >= 0.6 is 0 Å². The van der Waals surface area contributed by atoms with E-state index in [1.807, 2.05) is 0 Å². The summed E-state index contributed by atoms with van der Waals surface area (Å²) < 4.78 is 33.2. The van der Waals surface area contributed by atoms with Crippen molar-refractivity contribution in [1.29, 1.82) is 0 Å². The molecule has 1 heterocycles. The van der Waals surface area contributed by atoms with Gasteiger partial charge in [-0.3, -0.25) is 4.79 Å². The van der Waals surface area contributed by atoms with Gasteiger partial charge in [0.25, 0.3) is 0 Å². The molecule has 114 valence electrons. The van der Waals surface area contributed by atoms with Crippen LogP contribution < -0.4 is 0 Å². The summed E-state index contributed by atoms with van der Waals surface area (Å²) >= 11 is 0. The van der Waals surface area contributed by atoms with Crippen molar-refractivity contribution in [3.8, 4) is 0 Å². The van der Waals surface area contributed by atoms with Gasteiger partial charge in [0.1, 0.15) is 17.4 Å². The molecule has 1 saturated heterocycles. The van der Waals surface area contributed by atoms with Gasteiger partial charge in [-0.05, 0) is 37.8 Å². The van der Waals surface area contributed by atoms with Crippen LogP contribution in [-0.4, -0.2) is 18.0 Å². The molecule has 1 aromatic carbocycles. The molecule has 1 unspecified atom stereocenters. The van der Waals surface area contributed by atoms with Crippen LogP contribution in [0.15, 0.2) is 18.2 Å². The maximum Gasteiger partial charge on any atom is 0.140 e. The van der Waals surface area contributed by atoms with Crippen molar-refractivity contribution in [3.63, 3.8) is 0 Å². The largest absolute Gasteiger partial charge is 0.375 e. The lowest BCUT2D eigenvalue weighted by molar-refractivity contribution is -0.135. The zero-order valence-corrected chi connectivity index (χ0v) is 12.0. The molecule has 3 rings (SSSR count). The number of carbonyl (C=O) groups excluding carboxylic acids is 1. The maximum absolute atomic E-state index is 13.7. The van der Waals surface area contributed by atoms with Gasteiger partial charge in [-0.2, -0.15) is 0 Å². The Bertz CT molecular complexity index is 515. The zero-order valence-electron chi connectivity index (χ0n) is 12.0. The third-order valence-corrected chi connectivity index (χ3v) is 4.88. The Morgan fingerprint density at radius 3 is 2.57 bits per heavy atom. The van der Waals surface area contributed by atoms with Crippen molar-refractivity contribution >= 4 is 5.78 Å². The van der Waals surface area contributed by atoms with Crippen molar-refractivity contribution in [1.82, 2.24) is 0 Å². The highest BCUT2D eigenvalue weighted by Crippen LogP contribution is 2.42. The molecule has 0 amide bonds. The highest BCUT2D eigenvalue weighted by Gasteiger charge is 2.41. The Labute approximate surface area is 123 Å². The molecular formula is C17H20F2O2. The summed E-state index contributed by atoms with van der Waals surface area (Å²) in [4.78, 5) is 12.4. The van der Waals surface area contributed by atoms with Crippen LogP contribution in [0.5, 0.6) is 0 Å². The zero-order chi connectivity index (χ0) is 14.9. The third kappa shape index (κ3) is 3.00. The number of ether oxygens (including phenoxy) is 1. The van der Waals surface area contributed by atoms with Gasteiger partial charge < -0.3 is 4.74 Å². The molecule has 1 saturated carbocycles. The van der Waals surface area contributed by atoms with E-state index in [4.69, 9.17) is 4.74 Å². The average molecular weight is 294 g/mol. The number of benzene rings is 1. The number of hydrogen-bond donors (Lipinski definition) is 0. The smallest absolute Gasteiger partial charge is 0.140 e. The van der Waals surface area contributed by atoms with Gasteiger partial charge in [0.2, 0.25) is 0 Å². The minimum absolute atomic E-state index is 0.0615. The highest BCUT2D eigenvalue weighted by atomic mass is 19.1. The Morgan fingerprint density at radius 1 is 1.24 bits per heavy atom. The SMILES string of the molecule is O=C(Cc1c(F)cccc1F)C1CCOC2(CCCC2)C1. The van der Waals surface area contributed by atoms with Crippen LogP contribution in [0.4, 0.5) is 8.78 Å². The highest BCUT2D eigenvalue weighted by molar-refractivity contribution is 5.83. The molecule has 0 bridgehead atoms. The molecule has 2 nitrogen and oxygen atoms in total. The molecule has 0 N–H and O–H groups in total. The first kappa shape index (κ1) is 14.6. The maximum atomic E-state index is 13.7. The fourth-order valence-electron chi connectivity index (χ4n) is 3.69. The van der Waals surface area contributed by atoms with Crippen LogP contribution in [0.2, 0.25) is 0 Å². The van der Waals surface area contributed by atoms with Gasteiger partial charge in [0, 0.05) is 24.5 Å². The van der Waals surface area contributed by atoms with Crippen molar-refractivity contribution in [2.75, 3.05) is 6.61 Å². The standard InChI is InChI=1S/C17H20F2O2/c18-14-4-3-5-15(19)13(14)10-16(20)12-6-9-21-17(11-12)7-1-2-8-17/h3-5,12H,1-2,6-11H2. The number of rotatable bonds is 3. The van der Waals surface area contributed by atoms with E-state index in [1.165, 1.54) is 18.2 Å². The monoisotopic (exact) mass is 294 g/mol. The van der Waals surface area contributed by atoms with E-state index in [1.54, 1.807) is 0 Å². The van der Waals surface area contributed by atoms with Gasteiger partial charge in [-0.1, -0.05) is 18.9 Å². The fourth-order valence-corrected chi connectivity index (χ4v) is 3.69. The number of halogens is 2. The van der Waals surface area contributed by atoms with Gasteiger partial charge in [-0.15, -0.1) is 0 Å². The molecule has 21 heavy (non-hydrogen) atoms. The Balaban J connectivity index is 1.70. The van der Waals surface area contributed by atoms with Crippen LogP contribution in [0.1, 0.15) is 44.1 Å². The first-order chi connectivity index (χ1) is 10.1. The molecule has 1 atom stereocenters. The van der Waals surface area contributed by atoms with E-state index < -0.39 is 11.6 Å². The van der Waals surface area contributed by atoms with E-state index in [0.717, 1.165) is 25.7 Å². The second kappa shape index (κ2) is 5.84. The van der Waals surface area contributed by atoms with E-state index in [-0.39, 0.29) is 29.3 Å². The quantitative estimate of drug-likeness (QED) is 0.847. The minimum atomic E-state index is -0.633. The predicted molar refractivity (Wildman–Crippen MR) is 74.9 cm³/mol. The fraction of sp³-hybridized carbons (Fsp3) is 0.588. The van der Waals surface area contributed by atoms with Gasteiger partial charge >= 0.3 is 0 Å². The summed E-state index contributed by atoms with van der Waals surface area (Å²) in [6, 6.07) is 3.73. The number of hydrogen-bond acceptors (Lipinski definition) is 2. The molecule has 4 heteroatoms. The van der Waals surface area contributed by atoms with Gasteiger partial charge in [-0.25, -0.2) is 8.78 Å². The number of Topliss-reactive ketones (excluding diaryl/α,β-unsaturated/α-hetero) is 1. The Kier molecular flexibility index (Phi) is 4.07. The van der Waals surface area contributed by atoms with Crippen LogP contribution in [-0.2, 0) is 16.0 Å². The molecule has 2 fully saturated rings. The van der Waals surface area contributed by atoms with Crippen LogP contribution in [0, 0.1) is 17.6 Å². The van der Waals surface area contributed by atoms with E-state index in [9.17, 15) is 13.6 Å². The van der Waals surface area contributed by atoms with Crippen molar-refractivity contribution in [2.45, 2.75) is 50.5 Å². The van der Waals surface area contributed by atoms with E-state index >= 15 is 0 Å². The first-order valence-electron chi connectivity index (χ1n) is 7.69. The summed E-state index contributed by atoms with van der Waals surface area (Å²) in [5, 5.41) is 0. The molecular weight excluding hydrogens is 274 g/mol. The van der Waals surface area contributed by atoms with Crippen molar-refractivity contribution in [2.24, 2.45) is 5.92 Å². The normalized spacial score (nSPS) is 24.4. The molecule has 0 aromatic heterocycles. The average Bonchev–Trinajstić information content (AvgIpc) is 2.91. The second-order valence-electron chi connectivity index (χ2n) is 6.27. The van der Waals surface area contributed by atoms with Crippen molar-refractivity contribution in [3.05, 3.63) is 35.4 Å². The summed E-state index contributed by atoms with van der Waals surface area (Å²) in [7, 11) is 0. The lowest BCUT2D eigenvalue weighted by Gasteiger charge is -2.37. The van der Waals surface area contributed by atoms with Crippen molar-refractivity contribution < 1.29 is 18.3 Å². The second-order valence-corrected chi connectivity index (χ2v) is 6.27. The summed E-state index contributed by atoms with van der Waals surface area (Å²) in [5.74, 6) is -1.46. The number of carbonyl (C=O) groups is 1. The predicted octanol–water partition coefficient (Wildman–Crippen LogP) is 3.82. The van der Waals surface area contributed by atoms with Gasteiger partial charge in [0.15, 0.2) is 0 Å². The first-order valence-corrected chi connectivity index (χ1v) is 7.69. The molecule has 2 aliphatic rings. The summed E-state index contributed by atoms with van der Waals surface area (Å²) in [5.41, 5.74) is -0.249. The molecule has 1 aliphatic heterocycles. The molecule has 0 radical (unpaired) electrons. The lowest BCUT2D eigenvalue weighted by Crippen LogP contribution is -2.40. The van der Waals surface area contributed by atoms with Crippen LogP contribution in [0.25, 0.3) is 0 Å². The molecule has 1 aliphatic carbocycles. The van der Waals surface area contributed by atoms with Crippen LogP contribution in [0.3, 0.4) is 0 Å². The molecule has 1 spiro atoms. The van der Waals surface area contributed by atoms with E-state index in [0.29, 0.717) is 19.4 Å². The molecule has 1 aromatic rings. The third-order valence-electron chi connectivity index (χ3n) is 4.88. The topological polar surface area (TPSA) is 26.3 Å². The lowest BCUT2D eigenvalue weighted by atomic mass is 9.81. The summed E-state index contributed by atoms with van der Waals surface area (Å²) in [6.07, 6.45) is 5.51. The number of ketones is 1. The Morgan fingerprint density at radius 2 is 1.90 bits per heavy atom. The van der Waals surface area contributed by atoms with Gasteiger partial charge in [0.05, 0.1) is 5.60 Å². The minimum Gasteiger partial charge on any atom is -0.375 e. The summed E-state index contributed by atoms with van der Waals surface area (Å²) in [6.45, 7) is 0.580.